The first-order valence-corrected chi connectivity index (χ1v) is 8.02. The molecule has 0 saturated carbocycles. The van der Waals surface area contributed by atoms with Crippen molar-refractivity contribution >= 4 is 23.7 Å². The average Bonchev–Trinajstić information content (AvgIpc) is 3.06. The molecule has 3 rings (SSSR count). The van der Waals surface area contributed by atoms with Crippen LogP contribution in [0.4, 0.5) is 0 Å². The van der Waals surface area contributed by atoms with Gasteiger partial charge in [-0.15, -0.1) is 23.7 Å². The molecule has 1 aromatic heterocycles. The highest BCUT2D eigenvalue weighted by Gasteiger charge is 2.32. The Morgan fingerprint density at radius 3 is 2.67 bits per heavy atom. The zero-order chi connectivity index (χ0) is 13.9. The predicted octanol–water partition coefficient (Wildman–Crippen LogP) is 3.05. The quantitative estimate of drug-likeness (QED) is 0.940. The average molecular weight is 324 g/mol. The van der Waals surface area contributed by atoms with Crippen LogP contribution in [0, 0.1) is 12.8 Å². The largest absolute Gasteiger partial charge is 0.330 e. The highest BCUT2D eigenvalue weighted by molar-refractivity contribution is 7.09. The summed E-state index contributed by atoms with van der Waals surface area (Å²) in [6.45, 7) is 5.93. The van der Waals surface area contributed by atoms with Gasteiger partial charge in [-0.25, -0.2) is 4.98 Å². The van der Waals surface area contributed by atoms with E-state index in [0.29, 0.717) is 11.8 Å². The molecule has 0 radical (unpaired) electrons. The Kier molecular flexibility index (Phi) is 5.76. The number of thiazole rings is 1. The van der Waals surface area contributed by atoms with E-state index < -0.39 is 0 Å². The van der Waals surface area contributed by atoms with Gasteiger partial charge >= 0.3 is 0 Å². The van der Waals surface area contributed by atoms with Crippen molar-refractivity contribution in [2.45, 2.75) is 19.4 Å². The fraction of sp³-hybridized carbons (Fsp3) is 0.438. The lowest BCUT2D eigenvalue weighted by Crippen LogP contribution is -2.23. The van der Waals surface area contributed by atoms with Crippen LogP contribution in [-0.4, -0.2) is 29.5 Å². The number of rotatable bonds is 4. The van der Waals surface area contributed by atoms with Gasteiger partial charge in [-0.2, -0.15) is 0 Å². The normalized spacial score (nSPS) is 22.2. The molecule has 1 aliphatic rings. The number of aryl methyl sites for hydroxylation is 1. The second-order valence-corrected chi connectivity index (χ2v) is 6.53. The first kappa shape index (κ1) is 16.4. The van der Waals surface area contributed by atoms with Crippen molar-refractivity contribution < 1.29 is 0 Å². The third-order valence-electron chi connectivity index (χ3n) is 4.07. The van der Waals surface area contributed by atoms with Crippen LogP contribution in [0.25, 0.3) is 0 Å². The van der Waals surface area contributed by atoms with Gasteiger partial charge in [0.05, 0.1) is 6.54 Å². The SMILES string of the molecule is Cc1csc(CN2C[C@@H](CN)[C@H](c3ccccc3)C2)n1.Cl. The highest BCUT2D eigenvalue weighted by atomic mass is 35.5. The van der Waals surface area contributed by atoms with Crippen molar-refractivity contribution in [3.8, 4) is 0 Å². The van der Waals surface area contributed by atoms with Gasteiger partial charge in [0.15, 0.2) is 0 Å². The molecule has 3 nitrogen and oxygen atoms in total. The van der Waals surface area contributed by atoms with Crippen LogP contribution in [-0.2, 0) is 6.54 Å². The standard InChI is InChI=1S/C16H21N3S.ClH/c1-12-11-20-16(18-12)10-19-8-14(7-17)15(9-19)13-5-3-2-4-6-13;/h2-6,11,14-15H,7-10,17H2,1H3;1H/t14-,15+;/m1./s1. The van der Waals surface area contributed by atoms with E-state index in [4.69, 9.17) is 5.73 Å². The summed E-state index contributed by atoms with van der Waals surface area (Å²) in [7, 11) is 0. The summed E-state index contributed by atoms with van der Waals surface area (Å²) in [6, 6.07) is 10.8. The van der Waals surface area contributed by atoms with Crippen LogP contribution in [0.1, 0.15) is 22.2 Å². The van der Waals surface area contributed by atoms with Crippen LogP contribution in [0.15, 0.2) is 35.7 Å². The van der Waals surface area contributed by atoms with Gasteiger partial charge in [0.25, 0.3) is 0 Å². The van der Waals surface area contributed by atoms with Crippen LogP contribution in [0.5, 0.6) is 0 Å². The Hall–Kier alpha value is -0.940. The van der Waals surface area contributed by atoms with Gasteiger partial charge in [-0.3, -0.25) is 4.90 Å². The molecule has 0 spiro atoms. The lowest BCUT2D eigenvalue weighted by molar-refractivity contribution is 0.316. The van der Waals surface area contributed by atoms with Crippen LogP contribution >= 0.6 is 23.7 Å². The Bertz CT molecular complexity index is 558. The molecule has 21 heavy (non-hydrogen) atoms. The lowest BCUT2D eigenvalue weighted by atomic mass is 9.89. The molecule has 0 bridgehead atoms. The van der Waals surface area contributed by atoms with Gasteiger partial charge in [-0.05, 0) is 24.9 Å². The summed E-state index contributed by atoms with van der Waals surface area (Å²) in [5.74, 6) is 1.11. The van der Waals surface area contributed by atoms with Crippen molar-refractivity contribution in [1.29, 1.82) is 0 Å². The molecule has 0 amide bonds. The number of benzene rings is 1. The van der Waals surface area contributed by atoms with E-state index in [9.17, 15) is 0 Å². The van der Waals surface area contributed by atoms with Gasteiger partial charge in [-0.1, -0.05) is 30.3 Å². The summed E-state index contributed by atoms with van der Waals surface area (Å²) in [5, 5.41) is 3.34. The second-order valence-electron chi connectivity index (χ2n) is 5.59. The van der Waals surface area contributed by atoms with Gasteiger partial charge in [0, 0.05) is 30.1 Å². The number of nitrogens with two attached hydrogens (primary N) is 1. The zero-order valence-corrected chi connectivity index (χ0v) is 13.9. The third kappa shape index (κ3) is 3.83. The van der Waals surface area contributed by atoms with E-state index in [1.807, 2.05) is 0 Å². The lowest BCUT2D eigenvalue weighted by Gasteiger charge is -2.16. The van der Waals surface area contributed by atoms with Crippen molar-refractivity contribution in [1.82, 2.24) is 9.88 Å². The molecule has 2 aromatic rings. The molecule has 2 atom stereocenters. The number of hydrogen-bond acceptors (Lipinski definition) is 4. The van der Waals surface area contributed by atoms with Gasteiger partial charge < -0.3 is 5.73 Å². The van der Waals surface area contributed by atoms with E-state index in [0.717, 1.165) is 31.9 Å². The minimum atomic E-state index is 0. The minimum absolute atomic E-state index is 0. The number of hydrogen-bond donors (Lipinski definition) is 1. The van der Waals surface area contributed by atoms with E-state index in [1.54, 1.807) is 11.3 Å². The molecule has 114 valence electrons. The van der Waals surface area contributed by atoms with E-state index >= 15 is 0 Å². The Morgan fingerprint density at radius 2 is 2.05 bits per heavy atom. The maximum Gasteiger partial charge on any atom is 0.107 e. The van der Waals surface area contributed by atoms with E-state index in [1.165, 1.54) is 10.6 Å². The van der Waals surface area contributed by atoms with Crippen LogP contribution < -0.4 is 5.73 Å². The fourth-order valence-electron chi connectivity index (χ4n) is 3.07. The number of nitrogens with zero attached hydrogens (tertiary/aromatic N) is 2. The maximum atomic E-state index is 5.98. The second kappa shape index (κ2) is 7.36. The van der Waals surface area contributed by atoms with Gasteiger partial charge in [0.1, 0.15) is 5.01 Å². The molecule has 1 saturated heterocycles. The molecule has 2 N–H and O–H groups in total. The van der Waals surface area contributed by atoms with Crippen molar-refractivity contribution in [2.24, 2.45) is 11.7 Å². The summed E-state index contributed by atoms with van der Waals surface area (Å²) >= 11 is 1.76. The summed E-state index contributed by atoms with van der Waals surface area (Å²) in [4.78, 5) is 7.06. The molecule has 2 heterocycles. The van der Waals surface area contributed by atoms with Crippen molar-refractivity contribution in [3.63, 3.8) is 0 Å². The number of likely N-dealkylation sites (tertiary alicyclic amines) is 1. The first-order chi connectivity index (χ1) is 9.76. The number of aromatic nitrogens is 1. The van der Waals surface area contributed by atoms with E-state index in [2.05, 4.69) is 52.5 Å². The molecule has 1 aromatic carbocycles. The molecule has 0 aliphatic carbocycles. The van der Waals surface area contributed by atoms with E-state index in [-0.39, 0.29) is 12.4 Å². The summed E-state index contributed by atoms with van der Waals surface area (Å²) in [6.07, 6.45) is 0. The topological polar surface area (TPSA) is 42.1 Å². The molecular weight excluding hydrogens is 302 g/mol. The fourth-order valence-corrected chi connectivity index (χ4v) is 3.89. The predicted molar refractivity (Wildman–Crippen MR) is 91.1 cm³/mol. The first-order valence-electron chi connectivity index (χ1n) is 7.14. The summed E-state index contributed by atoms with van der Waals surface area (Å²) in [5.41, 5.74) is 8.52. The molecular formula is C16H22ClN3S. The highest BCUT2D eigenvalue weighted by Crippen LogP contribution is 2.32. The Labute approximate surface area is 136 Å². The third-order valence-corrected chi connectivity index (χ3v) is 5.02. The Balaban J connectivity index is 0.00000161. The monoisotopic (exact) mass is 323 g/mol. The van der Waals surface area contributed by atoms with Crippen molar-refractivity contribution in [3.05, 3.63) is 52.0 Å². The smallest absolute Gasteiger partial charge is 0.107 e. The maximum absolute atomic E-state index is 5.98. The van der Waals surface area contributed by atoms with Crippen LogP contribution in [0.2, 0.25) is 0 Å². The van der Waals surface area contributed by atoms with Crippen LogP contribution in [0.3, 0.4) is 0 Å². The molecule has 0 unspecified atom stereocenters. The Morgan fingerprint density at radius 1 is 1.29 bits per heavy atom. The molecule has 1 fully saturated rings. The number of halogens is 1. The zero-order valence-electron chi connectivity index (χ0n) is 12.2. The molecule has 1 aliphatic heterocycles. The van der Waals surface area contributed by atoms with Gasteiger partial charge in [0.2, 0.25) is 0 Å². The summed E-state index contributed by atoms with van der Waals surface area (Å²) < 4.78 is 0. The molecule has 5 heteroatoms. The minimum Gasteiger partial charge on any atom is -0.330 e. The van der Waals surface area contributed by atoms with Crippen molar-refractivity contribution in [2.75, 3.05) is 19.6 Å².